The normalized spacial score (nSPS) is 25.7. The summed E-state index contributed by atoms with van der Waals surface area (Å²) in [6, 6.07) is 3.60. The van der Waals surface area contributed by atoms with E-state index in [0.29, 0.717) is 6.10 Å². The van der Waals surface area contributed by atoms with Gasteiger partial charge in [-0.1, -0.05) is 79.4 Å². The van der Waals surface area contributed by atoms with E-state index in [1.54, 1.807) is 5.57 Å². The molecule has 0 spiro atoms. The highest BCUT2D eigenvalue weighted by Crippen LogP contribution is 2.49. The minimum absolute atomic E-state index is 0.0502. The van der Waals surface area contributed by atoms with Gasteiger partial charge in [0.2, 0.25) is 0 Å². The third-order valence-electron chi connectivity index (χ3n) is 10.3. The molecule has 5 heteroatoms. The first kappa shape index (κ1) is 31.3. The van der Waals surface area contributed by atoms with Crippen LogP contribution >= 0.6 is 0 Å². The molecule has 35 heavy (non-hydrogen) atoms. The molecule has 0 aromatic rings. The highest BCUT2D eigenvalue weighted by molar-refractivity contribution is 6.74. The predicted molar refractivity (Wildman–Crippen MR) is 157 cm³/mol. The van der Waals surface area contributed by atoms with Crippen molar-refractivity contribution < 1.29 is 14.0 Å². The van der Waals surface area contributed by atoms with Crippen LogP contribution in [0.2, 0.25) is 36.3 Å². The summed E-state index contributed by atoms with van der Waals surface area (Å²) in [5.41, 5.74) is 1.64. The van der Waals surface area contributed by atoms with Gasteiger partial charge in [-0.3, -0.25) is 0 Å². The zero-order chi connectivity index (χ0) is 26.3. The summed E-state index contributed by atoms with van der Waals surface area (Å²) >= 11 is 0. The number of hydrogen-bond acceptors (Lipinski definition) is 3. The summed E-state index contributed by atoms with van der Waals surface area (Å²) < 4.78 is 14.3. The monoisotopic (exact) mass is 524 g/mol. The van der Waals surface area contributed by atoms with E-state index in [2.05, 4.69) is 67.6 Å². The molecule has 0 aromatic heterocycles. The van der Waals surface area contributed by atoms with E-state index in [-0.39, 0.29) is 23.2 Å². The van der Waals surface area contributed by atoms with Crippen LogP contribution in [0, 0.1) is 11.3 Å². The number of aliphatic hydroxyl groups excluding tert-OH is 1. The van der Waals surface area contributed by atoms with Gasteiger partial charge in [-0.15, -0.1) is 0 Å². The third kappa shape index (κ3) is 7.78. The van der Waals surface area contributed by atoms with Gasteiger partial charge in [-0.05, 0) is 87.1 Å². The third-order valence-corrected chi connectivity index (χ3v) is 19.5. The highest BCUT2D eigenvalue weighted by atomic mass is 28.4. The maximum atomic E-state index is 9.71. The minimum Gasteiger partial charge on any atom is -0.414 e. The van der Waals surface area contributed by atoms with Crippen LogP contribution in [0.15, 0.2) is 11.6 Å². The van der Waals surface area contributed by atoms with Crippen LogP contribution < -0.4 is 0 Å². The highest BCUT2D eigenvalue weighted by Gasteiger charge is 2.46. The summed E-state index contributed by atoms with van der Waals surface area (Å²) in [4.78, 5) is 0. The maximum Gasteiger partial charge on any atom is 0.192 e. The van der Waals surface area contributed by atoms with Crippen LogP contribution in [-0.4, -0.2) is 40.6 Å². The zero-order valence-electron chi connectivity index (χ0n) is 25.0. The molecule has 0 aromatic carbocycles. The van der Waals surface area contributed by atoms with Crippen molar-refractivity contribution in [3.05, 3.63) is 11.6 Å². The van der Waals surface area contributed by atoms with E-state index in [1.807, 2.05) is 0 Å². The molecule has 2 rings (SSSR count). The Morgan fingerprint density at radius 2 is 1.66 bits per heavy atom. The Hall–Kier alpha value is 0.0538. The van der Waals surface area contributed by atoms with Crippen molar-refractivity contribution in [3.63, 3.8) is 0 Å². The van der Waals surface area contributed by atoms with Crippen molar-refractivity contribution >= 4 is 16.6 Å². The first-order valence-electron chi connectivity index (χ1n) is 15.0. The summed E-state index contributed by atoms with van der Waals surface area (Å²) in [7, 11) is -3.50. The Labute approximate surface area is 221 Å². The standard InChI is InChI=1S/C30H60O3Si2/c1-10-35(11-2,12-3)33-28-22-20-26(30(28,7)23-16-24-31)19-21-27(25-17-14-13-15-18-25)32-34(8,9)29(4,5)6/h20,25,27-28,31H,10-19,21-24H2,1-9H3/t27?,28-,30+/m0/s1. The predicted octanol–water partition coefficient (Wildman–Crippen LogP) is 9.24. The summed E-state index contributed by atoms with van der Waals surface area (Å²) in [6.45, 7) is 21.7. The molecule has 3 atom stereocenters. The van der Waals surface area contributed by atoms with Gasteiger partial charge in [0.1, 0.15) is 0 Å². The second-order valence-corrected chi connectivity index (χ2v) is 22.9. The van der Waals surface area contributed by atoms with E-state index in [4.69, 9.17) is 8.85 Å². The molecule has 1 saturated carbocycles. The molecule has 3 nitrogen and oxygen atoms in total. The largest absolute Gasteiger partial charge is 0.414 e. The lowest BCUT2D eigenvalue weighted by atomic mass is 9.74. The van der Waals surface area contributed by atoms with Crippen LogP contribution in [0.5, 0.6) is 0 Å². The zero-order valence-corrected chi connectivity index (χ0v) is 27.0. The van der Waals surface area contributed by atoms with Gasteiger partial charge >= 0.3 is 0 Å². The van der Waals surface area contributed by atoms with E-state index < -0.39 is 16.6 Å². The summed E-state index contributed by atoms with van der Waals surface area (Å²) in [6.07, 6.45) is 15.2. The van der Waals surface area contributed by atoms with Crippen molar-refractivity contribution in [2.45, 2.75) is 161 Å². The molecule has 0 bridgehead atoms. The average Bonchev–Trinajstić information content (AvgIpc) is 3.13. The second-order valence-electron chi connectivity index (χ2n) is 13.4. The van der Waals surface area contributed by atoms with Gasteiger partial charge in [-0.2, -0.15) is 0 Å². The lowest BCUT2D eigenvalue weighted by Gasteiger charge is -2.43. The quantitative estimate of drug-likeness (QED) is 0.182. The summed E-state index contributed by atoms with van der Waals surface area (Å²) in [5, 5.41) is 9.96. The number of rotatable bonds is 14. The molecule has 1 fully saturated rings. The Morgan fingerprint density at radius 1 is 1.06 bits per heavy atom. The van der Waals surface area contributed by atoms with Gasteiger partial charge in [-0.25, -0.2) is 0 Å². The van der Waals surface area contributed by atoms with Gasteiger partial charge in [0.05, 0.1) is 6.10 Å². The van der Waals surface area contributed by atoms with Crippen LogP contribution in [-0.2, 0) is 8.85 Å². The van der Waals surface area contributed by atoms with Gasteiger partial charge < -0.3 is 14.0 Å². The van der Waals surface area contributed by atoms with Crippen molar-refractivity contribution in [1.82, 2.24) is 0 Å². The average molecular weight is 525 g/mol. The fraction of sp³-hybridized carbons (Fsp3) is 0.933. The molecule has 206 valence electrons. The smallest absolute Gasteiger partial charge is 0.192 e. The fourth-order valence-electron chi connectivity index (χ4n) is 6.33. The fourth-order valence-corrected chi connectivity index (χ4v) is 10.7. The van der Waals surface area contributed by atoms with Gasteiger partial charge in [0, 0.05) is 18.1 Å². The molecular formula is C30H60O3Si2. The molecular weight excluding hydrogens is 464 g/mol. The Kier molecular flexibility index (Phi) is 11.8. The van der Waals surface area contributed by atoms with Gasteiger partial charge in [0.25, 0.3) is 0 Å². The second kappa shape index (κ2) is 13.2. The Morgan fingerprint density at radius 3 is 2.17 bits per heavy atom. The molecule has 2 aliphatic carbocycles. The first-order chi connectivity index (χ1) is 16.4. The van der Waals surface area contributed by atoms with Crippen molar-refractivity contribution in [2.75, 3.05) is 6.61 Å². The molecule has 0 saturated heterocycles. The minimum atomic E-state index is -1.82. The molecule has 1 unspecified atom stereocenters. The van der Waals surface area contributed by atoms with Crippen LogP contribution in [0.4, 0.5) is 0 Å². The first-order valence-corrected chi connectivity index (χ1v) is 20.5. The summed E-state index contributed by atoms with van der Waals surface area (Å²) in [5.74, 6) is 0.718. The molecule has 1 N–H and O–H groups in total. The molecule has 0 aliphatic heterocycles. The number of aliphatic hydroxyl groups is 1. The molecule has 0 amide bonds. The van der Waals surface area contributed by atoms with E-state index in [1.165, 1.54) is 50.2 Å². The lowest BCUT2D eigenvalue weighted by Crippen LogP contribution is -2.46. The maximum absolute atomic E-state index is 9.71. The molecule has 0 radical (unpaired) electrons. The van der Waals surface area contributed by atoms with Crippen molar-refractivity contribution in [2.24, 2.45) is 11.3 Å². The van der Waals surface area contributed by atoms with Crippen LogP contribution in [0.3, 0.4) is 0 Å². The Bertz CT molecular complexity index is 651. The van der Waals surface area contributed by atoms with E-state index >= 15 is 0 Å². The van der Waals surface area contributed by atoms with Crippen molar-refractivity contribution in [1.29, 1.82) is 0 Å². The van der Waals surface area contributed by atoms with Crippen LogP contribution in [0.25, 0.3) is 0 Å². The van der Waals surface area contributed by atoms with Crippen LogP contribution in [0.1, 0.15) is 113 Å². The Balaban J connectivity index is 2.21. The van der Waals surface area contributed by atoms with E-state index in [9.17, 15) is 5.11 Å². The molecule has 2 aliphatic rings. The topological polar surface area (TPSA) is 38.7 Å². The van der Waals surface area contributed by atoms with Crippen molar-refractivity contribution in [3.8, 4) is 0 Å². The SMILES string of the molecule is CC[Si](CC)(CC)O[C@H]1CC=C(CCC(O[Si](C)(C)C(C)(C)C)C2CCCCC2)[C@@]1(C)CCCO. The number of hydrogen-bond donors (Lipinski definition) is 1. The lowest BCUT2D eigenvalue weighted by molar-refractivity contribution is 0.0675. The molecule has 0 heterocycles. The van der Waals surface area contributed by atoms with Gasteiger partial charge in [0.15, 0.2) is 16.6 Å². The van der Waals surface area contributed by atoms with E-state index in [0.717, 1.165) is 38.0 Å².